The van der Waals surface area contributed by atoms with Gasteiger partial charge in [0.05, 0.1) is 30.3 Å². The Morgan fingerprint density at radius 3 is 2.62 bits per heavy atom. The highest BCUT2D eigenvalue weighted by Crippen LogP contribution is 2.11. The van der Waals surface area contributed by atoms with Crippen LogP contribution in [0.3, 0.4) is 0 Å². The zero-order valence-electron chi connectivity index (χ0n) is 17.1. The summed E-state index contributed by atoms with van der Waals surface area (Å²) in [6.07, 6.45) is 1.81. The molecule has 29 heavy (non-hydrogen) atoms. The molecule has 6 nitrogen and oxygen atoms in total. The first-order valence-corrected chi connectivity index (χ1v) is 10.6. The lowest BCUT2D eigenvalue weighted by Gasteiger charge is -2.21. The molecule has 0 bridgehead atoms. The van der Waals surface area contributed by atoms with Gasteiger partial charge >= 0.3 is 0 Å². The number of hydrogen-bond acceptors (Lipinski definition) is 4. The highest BCUT2D eigenvalue weighted by Gasteiger charge is 2.08. The second-order valence-electron chi connectivity index (χ2n) is 6.87. The summed E-state index contributed by atoms with van der Waals surface area (Å²) in [6, 6.07) is 13.5. The second-order valence-corrected chi connectivity index (χ2v) is 7.93. The van der Waals surface area contributed by atoms with Crippen molar-refractivity contribution in [1.82, 2.24) is 19.8 Å². The molecule has 2 aromatic heterocycles. The standard InChI is InChI=1S/C22H27N5OS/c1-4-23-22(26(3)15-20-16-29-17(2)25-20)24-13-18-8-10-19(11-9-18)14-27-12-6-5-7-21(27)28/h5-12,16H,4,13-15H2,1-3H3,(H,23,24). The number of aryl methyl sites for hydroxylation is 1. The van der Waals surface area contributed by atoms with E-state index in [1.165, 1.54) is 0 Å². The average molecular weight is 410 g/mol. The Morgan fingerprint density at radius 2 is 1.97 bits per heavy atom. The normalized spacial score (nSPS) is 11.5. The maximum absolute atomic E-state index is 11.9. The van der Waals surface area contributed by atoms with Gasteiger partial charge in [-0.15, -0.1) is 11.3 Å². The van der Waals surface area contributed by atoms with E-state index >= 15 is 0 Å². The lowest BCUT2D eigenvalue weighted by Crippen LogP contribution is -2.38. The maximum Gasteiger partial charge on any atom is 0.250 e. The minimum absolute atomic E-state index is 0.00908. The van der Waals surface area contributed by atoms with Gasteiger partial charge in [0.2, 0.25) is 0 Å². The van der Waals surface area contributed by atoms with Crippen molar-refractivity contribution in [2.24, 2.45) is 4.99 Å². The Bertz CT molecular complexity index is 1010. The highest BCUT2D eigenvalue weighted by atomic mass is 32.1. The van der Waals surface area contributed by atoms with Gasteiger partial charge in [-0.1, -0.05) is 30.3 Å². The molecule has 0 aliphatic carbocycles. The summed E-state index contributed by atoms with van der Waals surface area (Å²) in [7, 11) is 2.02. The third-order valence-corrected chi connectivity index (χ3v) is 5.27. The van der Waals surface area contributed by atoms with Crippen molar-refractivity contribution in [3.8, 4) is 0 Å². The Balaban J connectivity index is 1.64. The third-order valence-electron chi connectivity index (χ3n) is 4.45. The Hall–Kier alpha value is -2.93. The molecule has 152 valence electrons. The van der Waals surface area contributed by atoms with Crippen LogP contribution in [0.4, 0.5) is 0 Å². The number of hydrogen-bond donors (Lipinski definition) is 1. The molecule has 0 aliphatic heterocycles. The molecule has 2 heterocycles. The van der Waals surface area contributed by atoms with E-state index in [9.17, 15) is 4.79 Å². The number of nitrogens with zero attached hydrogens (tertiary/aromatic N) is 4. The topological polar surface area (TPSA) is 62.5 Å². The summed E-state index contributed by atoms with van der Waals surface area (Å²) in [6.45, 7) is 6.78. The van der Waals surface area contributed by atoms with Crippen LogP contribution in [-0.2, 0) is 19.6 Å². The van der Waals surface area contributed by atoms with E-state index in [0.29, 0.717) is 13.1 Å². The van der Waals surface area contributed by atoms with Gasteiger partial charge in [0.1, 0.15) is 0 Å². The first-order chi connectivity index (χ1) is 14.0. The number of nitrogens with one attached hydrogen (secondary N) is 1. The van der Waals surface area contributed by atoms with Crippen LogP contribution in [0.2, 0.25) is 0 Å². The summed E-state index contributed by atoms with van der Waals surface area (Å²) in [5.74, 6) is 0.859. The summed E-state index contributed by atoms with van der Waals surface area (Å²) < 4.78 is 1.70. The van der Waals surface area contributed by atoms with E-state index < -0.39 is 0 Å². The number of thiazole rings is 1. The molecule has 0 fully saturated rings. The molecule has 0 radical (unpaired) electrons. The number of rotatable bonds is 7. The maximum atomic E-state index is 11.9. The predicted molar refractivity (Wildman–Crippen MR) is 119 cm³/mol. The number of aromatic nitrogens is 2. The zero-order chi connectivity index (χ0) is 20.6. The summed E-state index contributed by atoms with van der Waals surface area (Å²) in [5, 5.41) is 6.51. The van der Waals surface area contributed by atoms with Crippen LogP contribution in [0.1, 0.15) is 28.8 Å². The van der Waals surface area contributed by atoms with E-state index in [2.05, 4.69) is 51.8 Å². The Morgan fingerprint density at radius 1 is 1.21 bits per heavy atom. The monoisotopic (exact) mass is 409 g/mol. The molecule has 0 amide bonds. The second kappa shape index (κ2) is 10.0. The SMILES string of the molecule is CCNC(=NCc1ccc(Cn2ccccc2=O)cc1)N(C)Cc1csc(C)n1. The molecule has 3 aromatic rings. The van der Waals surface area contributed by atoms with Crippen LogP contribution in [-0.4, -0.2) is 34.0 Å². The van der Waals surface area contributed by atoms with Crippen LogP contribution in [0.15, 0.2) is 63.8 Å². The van der Waals surface area contributed by atoms with Crippen LogP contribution in [0.5, 0.6) is 0 Å². The van der Waals surface area contributed by atoms with Crippen molar-refractivity contribution in [1.29, 1.82) is 0 Å². The smallest absolute Gasteiger partial charge is 0.250 e. The molecule has 3 rings (SSSR count). The van der Waals surface area contributed by atoms with Crippen molar-refractivity contribution in [2.45, 2.75) is 33.5 Å². The van der Waals surface area contributed by atoms with Gasteiger partial charge in [0.15, 0.2) is 5.96 Å². The van der Waals surface area contributed by atoms with E-state index in [0.717, 1.165) is 40.9 Å². The van der Waals surface area contributed by atoms with Crippen LogP contribution < -0.4 is 10.9 Å². The molecular formula is C22H27N5OS. The number of guanidine groups is 1. The minimum Gasteiger partial charge on any atom is -0.357 e. The zero-order valence-corrected chi connectivity index (χ0v) is 17.9. The fourth-order valence-electron chi connectivity index (χ4n) is 2.97. The molecule has 0 aliphatic rings. The quantitative estimate of drug-likeness (QED) is 0.481. The van der Waals surface area contributed by atoms with E-state index in [-0.39, 0.29) is 5.56 Å². The minimum atomic E-state index is 0.00908. The summed E-state index contributed by atoms with van der Waals surface area (Å²) in [4.78, 5) is 23.2. The molecule has 0 unspecified atom stereocenters. The molecule has 0 spiro atoms. The van der Waals surface area contributed by atoms with Crippen LogP contribution in [0, 0.1) is 6.92 Å². The summed E-state index contributed by atoms with van der Waals surface area (Å²) in [5.41, 5.74) is 3.28. The van der Waals surface area contributed by atoms with Gasteiger partial charge in [-0.25, -0.2) is 9.98 Å². The number of benzene rings is 1. The molecule has 1 aromatic carbocycles. The van der Waals surface area contributed by atoms with Gasteiger partial charge < -0.3 is 14.8 Å². The molecule has 0 saturated carbocycles. The first kappa shape index (κ1) is 20.8. The summed E-state index contributed by atoms with van der Waals surface area (Å²) >= 11 is 1.67. The lowest BCUT2D eigenvalue weighted by atomic mass is 10.1. The Labute approximate surface area is 175 Å². The van der Waals surface area contributed by atoms with Gasteiger partial charge in [0.25, 0.3) is 5.56 Å². The van der Waals surface area contributed by atoms with Gasteiger partial charge in [-0.3, -0.25) is 4.79 Å². The van der Waals surface area contributed by atoms with Crippen LogP contribution in [0.25, 0.3) is 0 Å². The van der Waals surface area contributed by atoms with E-state index in [1.807, 2.05) is 26.2 Å². The van der Waals surface area contributed by atoms with Gasteiger partial charge in [-0.2, -0.15) is 0 Å². The fraction of sp³-hybridized carbons (Fsp3) is 0.318. The van der Waals surface area contributed by atoms with Gasteiger partial charge in [0, 0.05) is 31.2 Å². The molecule has 0 saturated heterocycles. The fourth-order valence-corrected chi connectivity index (χ4v) is 3.58. The van der Waals surface area contributed by atoms with E-state index in [1.54, 1.807) is 28.0 Å². The number of pyridine rings is 1. The first-order valence-electron chi connectivity index (χ1n) is 9.69. The largest absolute Gasteiger partial charge is 0.357 e. The van der Waals surface area contributed by atoms with Crippen molar-refractivity contribution >= 4 is 17.3 Å². The average Bonchev–Trinajstić information content (AvgIpc) is 3.12. The van der Waals surface area contributed by atoms with Crippen molar-refractivity contribution in [2.75, 3.05) is 13.6 Å². The highest BCUT2D eigenvalue weighted by molar-refractivity contribution is 7.09. The molecule has 7 heteroatoms. The Kier molecular flexibility index (Phi) is 7.19. The predicted octanol–water partition coefficient (Wildman–Crippen LogP) is 3.26. The van der Waals surface area contributed by atoms with Crippen molar-refractivity contribution in [3.63, 3.8) is 0 Å². The molecular weight excluding hydrogens is 382 g/mol. The van der Waals surface area contributed by atoms with Gasteiger partial charge in [-0.05, 0) is 31.0 Å². The van der Waals surface area contributed by atoms with E-state index in [4.69, 9.17) is 4.99 Å². The van der Waals surface area contributed by atoms with Crippen molar-refractivity contribution < 1.29 is 0 Å². The molecule has 0 atom stereocenters. The van der Waals surface area contributed by atoms with Crippen LogP contribution >= 0.6 is 11.3 Å². The third kappa shape index (κ3) is 6.02. The lowest BCUT2D eigenvalue weighted by molar-refractivity contribution is 0.471. The number of aliphatic imine (C=N–C) groups is 1. The molecule has 1 N–H and O–H groups in total. The van der Waals surface area contributed by atoms with Crippen molar-refractivity contribution in [3.05, 3.63) is 86.2 Å².